The number of amidine groups is 2. The molecule has 3 N–H and O–H groups in total. The molecule has 0 saturated heterocycles. The number of para-hydroxylation sites is 1. The number of hydrogen-bond donors (Lipinski definition) is 3. The first-order valence-corrected chi connectivity index (χ1v) is 8.32. The monoisotopic (exact) mass is 381 g/mol. The third-order valence-corrected chi connectivity index (χ3v) is 4.40. The molecule has 0 fully saturated rings. The van der Waals surface area contributed by atoms with Crippen molar-refractivity contribution in [3.05, 3.63) is 83.6 Å². The standard InChI is InChI=1S/C20H14F3N5/c21-20(22,23)13-9-7-12(8-10-13)17(24)28-16-6-3-11-26-19(16)27-15-5-2-1-4-14(15)18(28)25/h1-11,24-25H,(H,26,27). The molecule has 0 saturated carbocycles. The Labute approximate surface area is 158 Å². The summed E-state index contributed by atoms with van der Waals surface area (Å²) in [5.41, 5.74) is 1.15. The zero-order chi connectivity index (χ0) is 19.9. The summed E-state index contributed by atoms with van der Waals surface area (Å²) >= 11 is 0. The van der Waals surface area contributed by atoms with Crippen LogP contribution in [0.15, 0.2) is 66.9 Å². The highest BCUT2D eigenvalue weighted by Gasteiger charge is 2.31. The third kappa shape index (κ3) is 2.98. The maximum Gasteiger partial charge on any atom is 0.416 e. The van der Waals surface area contributed by atoms with Gasteiger partial charge in [0.05, 0.1) is 16.9 Å². The van der Waals surface area contributed by atoms with E-state index in [4.69, 9.17) is 10.8 Å². The highest BCUT2D eigenvalue weighted by atomic mass is 19.4. The van der Waals surface area contributed by atoms with Gasteiger partial charge in [0.15, 0.2) is 5.82 Å². The number of alkyl halides is 3. The van der Waals surface area contributed by atoms with Gasteiger partial charge in [-0.25, -0.2) is 4.98 Å². The van der Waals surface area contributed by atoms with Crippen molar-refractivity contribution in [3.63, 3.8) is 0 Å². The molecule has 0 spiro atoms. The molecule has 0 amide bonds. The van der Waals surface area contributed by atoms with Crippen LogP contribution in [0.3, 0.4) is 0 Å². The summed E-state index contributed by atoms with van der Waals surface area (Å²) < 4.78 is 38.5. The van der Waals surface area contributed by atoms with Crippen LogP contribution >= 0.6 is 0 Å². The zero-order valence-electron chi connectivity index (χ0n) is 14.4. The largest absolute Gasteiger partial charge is 0.416 e. The highest BCUT2D eigenvalue weighted by Crippen LogP contribution is 2.35. The van der Waals surface area contributed by atoms with E-state index in [0.717, 1.165) is 12.1 Å². The molecular weight excluding hydrogens is 367 g/mol. The van der Waals surface area contributed by atoms with Crippen LogP contribution in [-0.2, 0) is 6.18 Å². The average molecular weight is 381 g/mol. The van der Waals surface area contributed by atoms with Gasteiger partial charge in [-0.3, -0.25) is 15.7 Å². The Hall–Kier alpha value is -3.68. The van der Waals surface area contributed by atoms with Crippen LogP contribution in [0.2, 0.25) is 0 Å². The van der Waals surface area contributed by atoms with Gasteiger partial charge in [0.2, 0.25) is 0 Å². The first-order valence-electron chi connectivity index (χ1n) is 8.32. The molecule has 4 rings (SSSR count). The van der Waals surface area contributed by atoms with Crippen molar-refractivity contribution in [1.82, 2.24) is 4.98 Å². The molecule has 2 aromatic carbocycles. The molecule has 3 aromatic rings. The van der Waals surface area contributed by atoms with Gasteiger partial charge < -0.3 is 5.32 Å². The summed E-state index contributed by atoms with van der Waals surface area (Å²) in [5.74, 6) is 0.361. The molecule has 0 bridgehead atoms. The van der Waals surface area contributed by atoms with Crippen LogP contribution in [0.1, 0.15) is 16.7 Å². The molecular formula is C20H14F3N5. The van der Waals surface area contributed by atoms with Crippen LogP contribution in [0.25, 0.3) is 0 Å². The number of hydrogen-bond acceptors (Lipinski definition) is 4. The van der Waals surface area contributed by atoms with Gasteiger partial charge in [0.1, 0.15) is 11.7 Å². The first-order chi connectivity index (χ1) is 13.4. The fourth-order valence-electron chi connectivity index (χ4n) is 3.02. The van der Waals surface area contributed by atoms with Crippen molar-refractivity contribution in [2.75, 3.05) is 10.2 Å². The topological polar surface area (TPSA) is 75.9 Å². The van der Waals surface area contributed by atoms with E-state index in [2.05, 4.69) is 10.3 Å². The second-order valence-electron chi connectivity index (χ2n) is 6.15. The Kier molecular flexibility index (Phi) is 4.11. The predicted molar refractivity (Wildman–Crippen MR) is 102 cm³/mol. The Bertz CT molecular complexity index is 1070. The molecule has 2 heterocycles. The van der Waals surface area contributed by atoms with Crippen molar-refractivity contribution in [1.29, 1.82) is 10.8 Å². The van der Waals surface area contributed by atoms with Crippen molar-refractivity contribution in [2.45, 2.75) is 6.18 Å². The zero-order valence-corrected chi connectivity index (χ0v) is 14.4. The molecule has 0 unspecified atom stereocenters. The summed E-state index contributed by atoms with van der Waals surface area (Å²) in [6.07, 6.45) is -2.86. The maximum absolute atomic E-state index is 12.8. The molecule has 1 aromatic heterocycles. The van der Waals surface area contributed by atoms with Crippen LogP contribution in [0, 0.1) is 10.8 Å². The lowest BCUT2D eigenvalue weighted by atomic mass is 10.1. The quantitative estimate of drug-likeness (QED) is 0.409. The van der Waals surface area contributed by atoms with E-state index in [1.807, 2.05) is 6.07 Å². The Balaban J connectivity index is 1.81. The van der Waals surface area contributed by atoms with Crippen LogP contribution in [0.4, 0.5) is 30.4 Å². The van der Waals surface area contributed by atoms with Gasteiger partial charge in [-0.05, 0) is 36.4 Å². The number of anilines is 3. The number of halogens is 3. The molecule has 0 radical (unpaired) electrons. The minimum atomic E-state index is -4.45. The summed E-state index contributed by atoms with van der Waals surface area (Å²) in [7, 11) is 0. The summed E-state index contributed by atoms with van der Waals surface area (Å²) in [4.78, 5) is 5.66. The first kappa shape index (κ1) is 17.7. The molecule has 1 aliphatic heterocycles. The molecule has 140 valence electrons. The van der Waals surface area contributed by atoms with Crippen LogP contribution in [-0.4, -0.2) is 16.7 Å². The number of fused-ring (bicyclic) bond motifs is 2. The third-order valence-electron chi connectivity index (χ3n) is 4.40. The van der Waals surface area contributed by atoms with Gasteiger partial charge >= 0.3 is 6.18 Å². The van der Waals surface area contributed by atoms with Gasteiger partial charge in [-0.2, -0.15) is 13.2 Å². The summed E-state index contributed by atoms with van der Waals surface area (Å²) in [5, 5.41) is 20.4. The average Bonchev–Trinajstić information content (AvgIpc) is 2.81. The lowest BCUT2D eigenvalue weighted by molar-refractivity contribution is -0.137. The normalized spacial score (nSPS) is 13.2. The molecule has 8 heteroatoms. The smallest absolute Gasteiger partial charge is 0.338 e. The molecule has 0 atom stereocenters. The Morgan fingerprint density at radius 2 is 1.68 bits per heavy atom. The van der Waals surface area contributed by atoms with E-state index >= 15 is 0 Å². The SMILES string of the molecule is N=C(c1ccc(C(F)(F)F)cc1)N1C(=N)c2ccccc2Nc2ncccc21. The van der Waals surface area contributed by atoms with Crippen molar-refractivity contribution in [2.24, 2.45) is 0 Å². The number of rotatable bonds is 1. The van der Waals surface area contributed by atoms with E-state index in [1.165, 1.54) is 17.0 Å². The second-order valence-corrected chi connectivity index (χ2v) is 6.15. The number of benzene rings is 2. The van der Waals surface area contributed by atoms with E-state index in [-0.39, 0.29) is 17.2 Å². The van der Waals surface area contributed by atoms with E-state index in [9.17, 15) is 13.2 Å². The number of nitrogens with zero attached hydrogens (tertiary/aromatic N) is 2. The fraction of sp³-hybridized carbons (Fsp3) is 0.0500. The molecule has 0 aliphatic carbocycles. The van der Waals surface area contributed by atoms with Crippen LogP contribution in [0.5, 0.6) is 0 Å². The fourth-order valence-corrected chi connectivity index (χ4v) is 3.02. The van der Waals surface area contributed by atoms with E-state index in [1.54, 1.807) is 36.5 Å². The molecule has 28 heavy (non-hydrogen) atoms. The number of pyridine rings is 1. The summed E-state index contributed by atoms with van der Waals surface area (Å²) in [6, 6.07) is 14.8. The summed E-state index contributed by atoms with van der Waals surface area (Å²) in [6.45, 7) is 0. The maximum atomic E-state index is 12.8. The molecule has 1 aliphatic rings. The minimum Gasteiger partial charge on any atom is -0.338 e. The van der Waals surface area contributed by atoms with Crippen molar-refractivity contribution in [3.8, 4) is 0 Å². The molecule has 5 nitrogen and oxygen atoms in total. The van der Waals surface area contributed by atoms with E-state index < -0.39 is 11.7 Å². The van der Waals surface area contributed by atoms with Gasteiger partial charge in [-0.15, -0.1) is 0 Å². The Morgan fingerprint density at radius 3 is 2.39 bits per heavy atom. The van der Waals surface area contributed by atoms with Gasteiger partial charge in [0, 0.05) is 17.3 Å². The number of aromatic nitrogens is 1. The van der Waals surface area contributed by atoms with Gasteiger partial charge in [-0.1, -0.05) is 24.3 Å². The minimum absolute atomic E-state index is 0.0275. The highest BCUT2D eigenvalue weighted by molar-refractivity contribution is 6.30. The van der Waals surface area contributed by atoms with E-state index in [0.29, 0.717) is 22.8 Å². The lowest BCUT2D eigenvalue weighted by Gasteiger charge is -2.25. The lowest BCUT2D eigenvalue weighted by Crippen LogP contribution is -2.36. The van der Waals surface area contributed by atoms with Crippen LogP contribution < -0.4 is 10.2 Å². The second kappa shape index (κ2) is 6.49. The Morgan fingerprint density at radius 1 is 0.964 bits per heavy atom. The number of nitrogens with one attached hydrogen (secondary N) is 3. The van der Waals surface area contributed by atoms with Gasteiger partial charge in [0.25, 0.3) is 0 Å². The van der Waals surface area contributed by atoms with Crippen molar-refractivity contribution < 1.29 is 13.2 Å². The van der Waals surface area contributed by atoms with Crippen molar-refractivity contribution >= 4 is 28.9 Å². The predicted octanol–water partition coefficient (Wildman–Crippen LogP) is 5.01.